The Hall–Kier alpha value is -2.61. The van der Waals surface area contributed by atoms with Crippen LogP contribution in [0.25, 0.3) is 0 Å². The van der Waals surface area contributed by atoms with Gasteiger partial charge in [0.15, 0.2) is 5.76 Å². The third kappa shape index (κ3) is 3.74. The molecule has 0 aliphatic carbocycles. The summed E-state index contributed by atoms with van der Waals surface area (Å²) in [6, 6.07) is 5.95. The van der Waals surface area contributed by atoms with Gasteiger partial charge in [0.2, 0.25) is 0 Å². The molecule has 0 aromatic carbocycles. The molecule has 1 N–H and O–H groups in total. The molecule has 1 fully saturated rings. The highest BCUT2D eigenvalue weighted by Crippen LogP contribution is 2.27. The minimum atomic E-state index is -0.547. The molecule has 1 unspecified atom stereocenters. The van der Waals surface area contributed by atoms with Gasteiger partial charge in [-0.15, -0.1) is 11.3 Å². The summed E-state index contributed by atoms with van der Waals surface area (Å²) in [7, 11) is 1.33. The van der Waals surface area contributed by atoms with Gasteiger partial charge in [0.05, 0.1) is 23.3 Å². The molecule has 0 saturated carbocycles. The lowest BCUT2D eigenvalue weighted by atomic mass is 10.0. The van der Waals surface area contributed by atoms with Gasteiger partial charge in [-0.1, -0.05) is 0 Å². The highest BCUT2D eigenvalue weighted by atomic mass is 32.1. The third-order valence-electron chi connectivity index (χ3n) is 4.04. The van der Waals surface area contributed by atoms with Gasteiger partial charge in [-0.05, 0) is 43.5 Å². The fourth-order valence-corrected chi connectivity index (χ4v) is 3.66. The number of esters is 1. The van der Waals surface area contributed by atoms with Crippen LogP contribution >= 0.6 is 11.3 Å². The van der Waals surface area contributed by atoms with Gasteiger partial charge in [0, 0.05) is 6.54 Å². The molecule has 132 valence electrons. The van der Waals surface area contributed by atoms with E-state index in [1.165, 1.54) is 13.4 Å². The topological polar surface area (TPSA) is 88.9 Å². The SMILES string of the molecule is COC(=O)C1CCCCN1C(=O)c1ccc(NC(=O)c2ccco2)s1. The Morgan fingerprint density at radius 1 is 1.28 bits per heavy atom. The Labute approximate surface area is 148 Å². The van der Waals surface area contributed by atoms with Crippen molar-refractivity contribution in [3.8, 4) is 0 Å². The average molecular weight is 362 g/mol. The van der Waals surface area contributed by atoms with Crippen molar-refractivity contribution in [3.05, 3.63) is 41.2 Å². The number of likely N-dealkylation sites (tertiary alicyclic amines) is 1. The maximum Gasteiger partial charge on any atom is 0.328 e. The van der Waals surface area contributed by atoms with Crippen molar-refractivity contribution < 1.29 is 23.5 Å². The molecule has 0 bridgehead atoms. The highest BCUT2D eigenvalue weighted by molar-refractivity contribution is 7.18. The molecule has 2 aromatic rings. The third-order valence-corrected chi connectivity index (χ3v) is 5.02. The van der Waals surface area contributed by atoms with E-state index in [1.54, 1.807) is 29.2 Å². The summed E-state index contributed by atoms with van der Waals surface area (Å²) in [4.78, 5) is 38.7. The maximum atomic E-state index is 12.8. The Kier molecular flexibility index (Phi) is 5.18. The van der Waals surface area contributed by atoms with Crippen molar-refractivity contribution in [1.29, 1.82) is 0 Å². The van der Waals surface area contributed by atoms with Gasteiger partial charge >= 0.3 is 5.97 Å². The molecule has 3 heterocycles. The van der Waals surface area contributed by atoms with Gasteiger partial charge < -0.3 is 19.4 Å². The van der Waals surface area contributed by atoms with Crippen LogP contribution < -0.4 is 5.32 Å². The molecule has 0 radical (unpaired) electrons. The molecule has 0 spiro atoms. The minimum absolute atomic E-state index is 0.197. The van der Waals surface area contributed by atoms with Crippen molar-refractivity contribution in [2.24, 2.45) is 0 Å². The summed E-state index contributed by atoms with van der Waals surface area (Å²) >= 11 is 1.16. The van der Waals surface area contributed by atoms with Crippen LogP contribution in [0.5, 0.6) is 0 Å². The van der Waals surface area contributed by atoms with E-state index >= 15 is 0 Å². The monoisotopic (exact) mass is 362 g/mol. The molecule has 7 nitrogen and oxygen atoms in total. The number of anilines is 1. The number of methoxy groups -OCH3 is 1. The molecule has 1 atom stereocenters. The molecular weight excluding hydrogens is 344 g/mol. The van der Waals surface area contributed by atoms with Gasteiger partial charge in [-0.2, -0.15) is 0 Å². The molecule has 2 amide bonds. The number of carbonyl (C=O) groups is 3. The Morgan fingerprint density at radius 3 is 2.84 bits per heavy atom. The van der Waals surface area contributed by atoms with E-state index < -0.39 is 12.0 Å². The number of furan rings is 1. The van der Waals surface area contributed by atoms with Crippen molar-refractivity contribution in [2.75, 3.05) is 19.0 Å². The van der Waals surface area contributed by atoms with Gasteiger partial charge in [0.1, 0.15) is 6.04 Å². The van der Waals surface area contributed by atoms with Crippen LogP contribution in [0.1, 0.15) is 39.5 Å². The summed E-state index contributed by atoms with van der Waals surface area (Å²) in [6.45, 7) is 0.518. The summed E-state index contributed by atoms with van der Waals surface area (Å²) in [5, 5.41) is 3.23. The van der Waals surface area contributed by atoms with E-state index in [0.29, 0.717) is 22.8 Å². The van der Waals surface area contributed by atoms with E-state index in [2.05, 4.69) is 5.32 Å². The largest absolute Gasteiger partial charge is 0.467 e. The second-order valence-corrected chi connectivity index (χ2v) is 6.71. The fourth-order valence-electron chi connectivity index (χ4n) is 2.80. The molecule has 3 rings (SSSR count). The average Bonchev–Trinajstić information content (AvgIpc) is 3.32. The zero-order valence-corrected chi connectivity index (χ0v) is 14.5. The zero-order valence-electron chi connectivity index (χ0n) is 13.7. The second-order valence-electron chi connectivity index (χ2n) is 5.63. The van der Waals surface area contributed by atoms with Crippen LogP contribution in [0.4, 0.5) is 5.00 Å². The summed E-state index contributed by atoms with van der Waals surface area (Å²) in [5.41, 5.74) is 0. The number of hydrogen-bond acceptors (Lipinski definition) is 6. The van der Waals surface area contributed by atoms with Crippen molar-refractivity contribution in [2.45, 2.75) is 25.3 Å². The van der Waals surface area contributed by atoms with Crippen LogP contribution in [0.2, 0.25) is 0 Å². The lowest BCUT2D eigenvalue weighted by Gasteiger charge is -2.33. The van der Waals surface area contributed by atoms with Gasteiger partial charge in [0.25, 0.3) is 11.8 Å². The van der Waals surface area contributed by atoms with Crippen molar-refractivity contribution in [3.63, 3.8) is 0 Å². The first-order valence-electron chi connectivity index (χ1n) is 7.93. The molecule has 25 heavy (non-hydrogen) atoms. The minimum Gasteiger partial charge on any atom is -0.467 e. The zero-order chi connectivity index (χ0) is 17.8. The second kappa shape index (κ2) is 7.52. The molecule has 8 heteroatoms. The molecular formula is C17H18N2O5S. The lowest BCUT2D eigenvalue weighted by Crippen LogP contribution is -2.48. The van der Waals surface area contributed by atoms with E-state index in [4.69, 9.17) is 9.15 Å². The predicted octanol–water partition coefficient (Wildman–Crippen LogP) is 2.76. The van der Waals surface area contributed by atoms with E-state index in [9.17, 15) is 14.4 Å². The lowest BCUT2D eigenvalue weighted by molar-refractivity contribution is -0.147. The number of thiophene rings is 1. The summed E-state index contributed by atoms with van der Waals surface area (Å²) in [5.74, 6) is -0.797. The van der Waals surface area contributed by atoms with E-state index in [0.717, 1.165) is 24.2 Å². The fraction of sp³-hybridized carbons (Fsp3) is 0.353. The van der Waals surface area contributed by atoms with Crippen LogP contribution in [0.15, 0.2) is 34.9 Å². The van der Waals surface area contributed by atoms with Crippen LogP contribution in [-0.4, -0.2) is 42.4 Å². The van der Waals surface area contributed by atoms with Crippen LogP contribution in [0, 0.1) is 0 Å². The highest BCUT2D eigenvalue weighted by Gasteiger charge is 2.33. The van der Waals surface area contributed by atoms with Crippen molar-refractivity contribution in [1.82, 2.24) is 4.90 Å². The summed E-state index contributed by atoms with van der Waals surface area (Å²) < 4.78 is 9.84. The number of amides is 2. The molecule has 1 aliphatic heterocycles. The number of nitrogens with zero attached hydrogens (tertiary/aromatic N) is 1. The number of hydrogen-bond donors (Lipinski definition) is 1. The van der Waals surface area contributed by atoms with Crippen LogP contribution in [-0.2, 0) is 9.53 Å². The number of ether oxygens (including phenoxy) is 1. The Morgan fingerprint density at radius 2 is 2.12 bits per heavy atom. The first-order valence-corrected chi connectivity index (χ1v) is 8.75. The van der Waals surface area contributed by atoms with Crippen LogP contribution in [0.3, 0.4) is 0 Å². The smallest absolute Gasteiger partial charge is 0.328 e. The molecule has 2 aromatic heterocycles. The predicted molar refractivity (Wildman–Crippen MR) is 91.7 cm³/mol. The number of nitrogens with one attached hydrogen (secondary N) is 1. The number of rotatable bonds is 4. The first-order chi connectivity index (χ1) is 12.1. The van der Waals surface area contributed by atoms with Crippen molar-refractivity contribution >= 4 is 34.1 Å². The Bertz CT molecular complexity index is 768. The number of carbonyl (C=O) groups excluding carboxylic acids is 3. The molecule has 1 saturated heterocycles. The van der Waals surface area contributed by atoms with E-state index in [1.807, 2.05) is 0 Å². The van der Waals surface area contributed by atoms with Gasteiger partial charge in [-0.3, -0.25) is 9.59 Å². The standard InChI is InChI=1S/C17H18N2O5S/c1-23-17(22)11-5-2-3-9-19(11)16(21)13-7-8-14(25-13)18-15(20)12-6-4-10-24-12/h4,6-8,10-11H,2-3,5,9H2,1H3,(H,18,20). The quantitative estimate of drug-likeness (QED) is 0.845. The van der Waals surface area contributed by atoms with E-state index in [-0.39, 0.29) is 17.6 Å². The molecule has 1 aliphatic rings. The normalized spacial score (nSPS) is 17.2. The van der Waals surface area contributed by atoms with Gasteiger partial charge in [-0.25, -0.2) is 4.79 Å². The number of piperidine rings is 1. The maximum absolute atomic E-state index is 12.8. The first kappa shape index (κ1) is 17.2. The Balaban J connectivity index is 1.71. The summed E-state index contributed by atoms with van der Waals surface area (Å²) in [6.07, 6.45) is 3.76.